The average Bonchev–Trinajstić information content (AvgIpc) is 2.97. The molecule has 1 heterocycles. The lowest BCUT2D eigenvalue weighted by atomic mass is 10.1. The minimum Gasteiger partial charge on any atom is -0.334 e. The zero-order valence-corrected chi connectivity index (χ0v) is 12.5. The van der Waals surface area contributed by atoms with Crippen molar-refractivity contribution in [3.63, 3.8) is 0 Å². The molecular weight excluding hydrogens is 302 g/mol. The fraction of sp³-hybridized carbons (Fsp3) is 0.0625. The summed E-state index contributed by atoms with van der Waals surface area (Å²) >= 11 is 6.14. The van der Waals surface area contributed by atoms with Gasteiger partial charge in [0.15, 0.2) is 0 Å². The first-order valence-corrected chi connectivity index (χ1v) is 6.98. The molecule has 1 aromatic heterocycles. The van der Waals surface area contributed by atoms with E-state index in [2.05, 4.69) is 15.5 Å². The van der Waals surface area contributed by atoms with Crippen molar-refractivity contribution in [2.45, 2.75) is 6.92 Å². The molecule has 3 aromatic rings. The third-order valence-electron chi connectivity index (χ3n) is 3.01. The molecule has 0 saturated carbocycles. The van der Waals surface area contributed by atoms with E-state index in [1.807, 2.05) is 30.3 Å². The normalized spacial score (nSPS) is 10.5. The van der Waals surface area contributed by atoms with Crippen LogP contribution in [0.1, 0.15) is 6.92 Å². The van der Waals surface area contributed by atoms with Crippen LogP contribution in [-0.4, -0.2) is 16.0 Å². The van der Waals surface area contributed by atoms with E-state index in [9.17, 15) is 4.79 Å². The Bertz CT molecular complexity index is 830. The zero-order valence-electron chi connectivity index (χ0n) is 11.7. The van der Waals surface area contributed by atoms with Crippen LogP contribution in [0.25, 0.3) is 22.8 Å². The summed E-state index contributed by atoms with van der Waals surface area (Å²) in [5.41, 5.74) is 1.96. The molecule has 0 aliphatic carbocycles. The summed E-state index contributed by atoms with van der Waals surface area (Å²) in [4.78, 5) is 15.6. The van der Waals surface area contributed by atoms with Gasteiger partial charge >= 0.3 is 0 Å². The number of nitrogens with one attached hydrogen (secondary N) is 1. The van der Waals surface area contributed by atoms with Crippen LogP contribution in [-0.2, 0) is 4.79 Å². The van der Waals surface area contributed by atoms with E-state index < -0.39 is 0 Å². The smallest absolute Gasteiger partial charge is 0.260 e. The van der Waals surface area contributed by atoms with Crippen LogP contribution in [0.2, 0.25) is 5.02 Å². The van der Waals surface area contributed by atoms with E-state index in [0.717, 1.165) is 0 Å². The van der Waals surface area contributed by atoms with Crippen molar-refractivity contribution in [1.29, 1.82) is 0 Å². The van der Waals surface area contributed by atoms with Crippen molar-refractivity contribution in [2.24, 2.45) is 0 Å². The van der Waals surface area contributed by atoms with Gasteiger partial charge in [0.05, 0.1) is 16.3 Å². The molecule has 0 bridgehead atoms. The summed E-state index contributed by atoms with van der Waals surface area (Å²) in [6, 6.07) is 14.5. The number of halogens is 1. The topological polar surface area (TPSA) is 68.0 Å². The maximum absolute atomic E-state index is 11.3. The molecule has 6 heteroatoms. The van der Waals surface area contributed by atoms with Gasteiger partial charge in [-0.05, 0) is 24.3 Å². The highest BCUT2D eigenvalue weighted by atomic mass is 35.5. The maximum atomic E-state index is 11.3. The molecule has 5 nitrogen and oxygen atoms in total. The van der Waals surface area contributed by atoms with Crippen LogP contribution < -0.4 is 5.32 Å². The monoisotopic (exact) mass is 313 g/mol. The van der Waals surface area contributed by atoms with E-state index >= 15 is 0 Å². The Morgan fingerprint density at radius 1 is 1.09 bits per heavy atom. The summed E-state index contributed by atoms with van der Waals surface area (Å²) in [6.07, 6.45) is 0. The lowest BCUT2D eigenvalue weighted by molar-refractivity contribution is -0.114. The lowest BCUT2D eigenvalue weighted by Crippen LogP contribution is -2.06. The number of hydrogen-bond acceptors (Lipinski definition) is 4. The number of amides is 1. The first kappa shape index (κ1) is 14.3. The molecule has 3 rings (SSSR count). The van der Waals surface area contributed by atoms with Crippen LogP contribution >= 0.6 is 11.6 Å². The molecule has 2 aromatic carbocycles. The van der Waals surface area contributed by atoms with Crippen molar-refractivity contribution >= 4 is 23.2 Å². The number of anilines is 1. The Hall–Kier alpha value is -2.66. The van der Waals surface area contributed by atoms with E-state index in [-0.39, 0.29) is 5.91 Å². The van der Waals surface area contributed by atoms with E-state index in [0.29, 0.717) is 33.6 Å². The average molecular weight is 314 g/mol. The third-order valence-corrected chi connectivity index (χ3v) is 3.34. The molecule has 0 spiro atoms. The second-order valence-electron chi connectivity index (χ2n) is 4.63. The molecule has 0 fully saturated rings. The Labute approximate surface area is 131 Å². The van der Waals surface area contributed by atoms with Crippen LogP contribution in [0, 0.1) is 0 Å². The largest absolute Gasteiger partial charge is 0.334 e. The van der Waals surface area contributed by atoms with Gasteiger partial charge in [0, 0.05) is 12.5 Å². The molecular formula is C16H12ClN3O2. The molecule has 22 heavy (non-hydrogen) atoms. The van der Waals surface area contributed by atoms with Gasteiger partial charge in [-0.25, -0.2) is 0 Å². The number of para-hydroxylation sites is 1. The number of aromatic nitrogens is 2. The minimum atomic E-state index is -0.168. The number of benzene rings is 2. The molecule has 0 aliphatic rings. The van der Waals surface area contributed by atoms with Gasteiger partial charge in [-0.15, -0.1) is 0 Å². The highest BCUT2D eigenvalue weighted by Crippen LogP contribution is 2.30. The van der Waals surface area contributed by atoms with Crippen molar-refractivity contribution in [3.05, 3.63) is 53.6 Å². The molecule has 0 unspecified atom stereocenters. The summed E-state index contributed by atoms with van der Waals surface area (Å²) in [5.74, 6) is 0.552. The molecule has 0 saturated heterocycles. The lowest BCUT2D eigenvalue weighted by Gasteiger charge is -2.05. The summed E-state index contributed by atoms with van der Waals surface area (Å²) < 4.78 is 5.31. The highest BCUT2D eigenvalue weighted by Gasteiger charge is 2.15. The molecule has 1 N–H and O–H groups in total. The highest BCUT2D eigenvalue weighted by molar-refractivity contribution is 6.33. The molecule has 0 aliphatic heterocycles. The predicted octanol–water partition coefficient (Wildman–Crippen LogP) is 4.02. The number of carbonyl (C=O) groups excluding carboxylic acids is 1. The van der Waals surface area contributed by atoms with Gasteiger partial charge in [0.25, 0.3) is 5.89 Å². The number of hydrogen-bond donors (Lipinski definition) is 1. The first-order valence-electron chi connectivity index (χ1n) is 6.61. The quantitative estimate of drug-likeness (QED) is 0.793. The second kappa shape index (κ2) is 5.99. The zero-order chi connectivity index (χ0) is 15.5. The van der Waals surface area contributed by atoms with Crippen LogP contribution in [0.15, 0.2) is 53.1 Å². The van der Waals surface area contributed by atoms with Gasteiger partial charge in [0.2, 0.25) is 11.7 Å². The Kier molecular flexibility index (Phi) is 3.89. The molecule has 0 radical (unpaired) electrons. The van der Waals surface area contributed by atoms with E-state index in [1.54, 1.807) is 18.2 Å². The predicted molar refractivity (Wildman–Crippen MR) is 84.5 cm³/mol. The summed E-state index contributed by atoms with van der Waals surface area (Å²) in [5, 5.41) is 7.25. The van der Waals surface area contributed by atoms with E-state index in [1.165, 1.54) is 6.92 Å². The Balaban J connectivity index is 2.02. The Morgan fingerprint density at radius 3 is 2.50 bits per heavy atom. The van der Waals surface area contributed by atoms with Crippen molar-refractivity contribution in [2.75, 3.05) is 5.32 Å². The van der Waals surface area contributed by atoms with Crippen LogP contribution in [0.3, 0.4) is 0 Å². The second-order valence-corrected chi connectivity index (χ2v) is 5.04. The van der Waals surface area contributed by atoms with Gasteiger partial charge < -0.3 is 9.84 Å². The maximum Gasteiger partial charge on any atom is 0.260 e. The number of rotatable bonds is 3. The fourth-order valence-corrected chi connectivity index (χ4v) is 2.27. The fourth-order valence-electron chi connectivity index (χ4n) is 2.05. The standard InChI is InChI=1S/C16H12ClN3O2/c1-10(21)18-14-9-5-3-7-12(14)16-19-15(20-22-16)11-6-2-4-8-13(11)17/h2-9H,1H3,(H,18,21). The van der Waals surface area contributed by atoms with Crippen molar-refractivity contribution < 1.29 is 9.32 Å². The molecule has 110 valence electrons. The summed E-state index contributed by atoms with van der Waals surface area (Å²) in [6.45, 7) is 1.44. The van der Waals surface area contributed by atoms with E-state index in [4.69, 9.17) is 16.1 Å². The first-order chi connectivity index (χ1) is 10.6. The molecule has 1 amide bonds. The summed E-state index contributed by atoms with van der Waals surface area (Å²) in [7, 11) is 0. The number of carbonyl (C=O) groups is 1. The van der Waals surface area contributed by atoms with Crippen molar-refractivity contribution in [1.82, 2.24) is 10.1 Å². The SMILES string of the molecule is CC(=O)Nc1ccccc1-c1nc(-c2ccccc2Cl)no1. The minimum absolute atomic E-state index is 0.168. The van der Waals surface area contributed by atoms with Gasteiger partial charge in [-0.1, -0.05) is 41.0 Å². The van der Waals surface area contributed by atoms with Crippen molar-refractivity contribution in [3.8, 4) is 22.8 Å². The Morgan fingerprint density at radius 2 is 1.77 bits per heavy atom. The third kappa shape index (κ3) is 2.84. The van der Waals surface area contributed by atoms with Crippen LogP contribution in [0.4, 0.5) is 5.69 Å². The van der Waals surface area contributed by atoms with Gasteiger partial charge in [0.1, 0.15) is 0 Å². The van der Waals surface area contributed by atoms with Gasteiger partial charge in [-0.3, -0.25) is 4.79 Å². The number of nitrogens with zero attached hydrogens (tertiary/aromatic N) is 2. The van der Waals surface area contributed by atoms with Gasteiger partial charge in [-0.2, -0.15) is 4.98 Å². The molecule has 0 atom stereocenters. The van der Waals surface area contributed by atoms with Crippen LogP contribution in [0.5, 0.6) is 0 Å².